The van der Waals surface area contributed by atoms with Gasteiger partial charge in [0.25, 0.3) is 5.91 Å². The van der Waals surface area contributed by atoms with Gasteiger partial charge in [0, 0.05) is 19.0 Å². The number of nitrogens with zero attached hydrogens (tertiary/aromatic N) is 2. The number of carboxylic acid groups (broad SMARTS) is 1. The van der Waals surface area contributed by atoms with E-state index in [2.05, 4.69) is 5.32 Å². The van der Waals surface area contributed by atoms with Gasteiger partial charge in [-0.3, -0.25) is 14.7 Å². The SMILES string of the molecule is CCN1C(=O)[C@]2(CC[C@@H]3CNC[C@@H]32)N=C1C.O=C(O)C(F)(F)F. The number of amidine groups is 1. The van der Waals surface area contributed by atoms with E-state index in [1.807, 2.05) is 18.7 Å². The largest absolute Gasteiger partial charge is 0.490 e. The average molecular weight is 335 g/mol. The summed E-state index contributed by atoms with van der Waals surface area (Å²) in [6.45, 7) is 6.77. The standard InChI is InChI=1S/C12H19N3O.C2HF3O2/c1-3-15-8(2)14-12(11(15)16)5-4-9-6-13-7-10(9)12;3-2(4,5)1(6)7/h9-10,13H,3-7H2,1-2H3;(H,6,7)/t9-,10+,12-;/m1./s1. The van der Waals surface area contributed by atoms with Crippen molar-refractivity contribution >= 4 is 17.7 Å². The van der Waals surface area contributed by atoms with Gasteiger partial charge in [0.1, 0.15) is 11.4 Å². The van der Waals surface area contributed by atoms with E-state index in [4.69, 9.17) is 14.9 Å². The minimum absolute atomic E-state index is 0.253. The van der Waals surface area contributed by atoms with Gasteiger partial charge in [-0.1, -0.05) is 0 Å². The van der Waals surface area contributed by atoms with Crippen LogP contribution in [-0.2, 0) is 9.59 Å². The molecular weight excluding hydrogens is 315 g/mol. The number of aliphatic imine (C=N–C) groups is 1. The van der Waals surface area contributed by atoms with E-state index in [1.165, 1.54) is 0 Å². The second kappa shape index (κ2) is 6.10. The molecule has 0 aromatic carbocycles. The van der Waals surface area contributed by atoms with Crippen LogP contribution in [0.1, 0.15) is 26.7 Å². The molecule has 2 heterocycles. The number of amides is 1. The van der Waals surface area contributed by atoms with Crippen LogP contribution in [0.25, 0.3) is 0 Å². The smallest absolute Gasteiger partial charge is 0.475 e. The number of fused-ring (bicyclic) bond motifs is 2. The summed E-state index contributed by atoms with van der Waals surface area (Å²) in [6, 6.07) is 0. The first-order chi connectivity index (χ1) is 10.6. The van der Waals surface area contributed by atoms with Gasteiger partial charge in [-0.15, -0.1) is 0 Å². The number of likely N-dealkylation sites (N-methyl/N-ethyl adjacent to an activating group) is 1. The fraction of sp³-hybridized carbons (Fsp3) is 0.786. The van der Waals surface area contributed by atoms with E-state index in [0.29, 0.717) is 11.8 Å². The lowest BCUT2D eigenvalue weighted by molar-refractivity contribution is -0.192. The molecule has 0 aromatic heterocycles. The monoisotopic (exact) mass is 335 g/mol. The van der Waals surface area contributed by atoms with Crippen LogP contribution >= 0.6 is 0 Å². The van der Waals surface area contributed by atoms with Crippen molar-refractivity contribution in [2.24, 2.45) is 16.8 Å². The van der Waals surface area contributed by atoms with Crippen LogP contribution < -0.4 is 5.32 Å². The maximum absolute atomic E-state index is 12.5. The molecular formula is C14H20F3N3O3. The van der Waals surface area contributed by atoms with Gasteiger partial charge in [-0.25, -0.2) is 4.79 Å². The Morgan fingerprint density at radius 1 is 1.48 bits per heavy atom. The van der Waals surface area contributed by atoms with Crippen LogP contribution in [0.15, 0.2) is 4.99 Å². The maximum Gasteiger partial charge on any atom is 0.490 e. The highest BCUT2D eigenvalue weighted by Gasteiger charge is 2.59. The van der Waals surface area contributed by atoms with Crippen molar-refractivity contribution in [2.45, 2.75) is 38.4 Å². The van der Waals surface area contributed by atoms with Gasteiger partial charge in [0.2, 0.25) is 0 Å². The Hall–Kier alpha value is -1.64. The van der Waals surface area contributed by atoms with Crippen molar-refractivity contribution in [2.75, 3.05) is 19.6 Å². The van der Waals surface area contributed by atoms with Crippen LogP contribution in [0, 0.1) is 11.8 Å². The number of carboxylic acids is 1. The van der Waals surface area contributed by atoms with Crippen molar-refractivity contribution in [1.82, 2.24) is 10.2 Å². The van der Waals surface area contributed by atoms with Crippen molar-refractivity contribution < 1.29 is 27.9 Å². The van der Waals surface area contributed by atoms with Crippen LogP contribution in [0.5, 0.6) is 0 Å². The second-order valence-corrected chi connectivity index (χ2v) is 6.00. The first-order valence-electron chi connectivity index (χ1n) is 7.52. The highest BCUT2D eigenvalue weighted by molar-refractivity contribution is 6.07. The summed E-state index contributed by atoms with van der Waals surface area (Å²) in [5, 5.41) is 10.5. The lowest BCUT2D eigenvalue weighted by Crippen LogP contribution is -2.46. The third-order valence-electron chi connectivity index (χ3n) is 4.78. The summed E-state index contributed by atoms with van der Waals surface area (Å²) in [5.41, 5.74) is -0.395. The molecule has 3 atom stereocenters. The summed E-state index contributed by atoms with van der Waals surface area (Å²) in [6.07, 6.45) is -2.98. The molecule has 2 aliphatic heterocycles. The highest BCUT2D eigenvalue weighted by atomic mass is 19.4. The normalized spacial score (nSPS) is 32.7. The Kier molecular flexibility index (Phi) is 4.70. The lowest BCUT2D eigenvalue weighted by Gasteiger charge is -2.26. The van der Waals surface area contributed by atoms with Gasteiger partial charge in [0.05, 0.1) is 0 Å². The summed E-state index contributed by atoms with van der Waals surface area (Å²) >= 11 is 0. The molecule has 0 bridgehead atoms. The number of hydrogen-bond acceptors (Lipinski definition) is 4. The van der Waals surface area contributed by atoms with E-state index < -0.39 is 17.7 Å². The molecule has 6 nitrogen and oxygen atoms in total. The fourth-order valence-corrected chi connectivity index (χ4v) is 3.74. The van der Waals surface area contributed by atoms with E-state index in [1.54, 1.807) is 0 Å². The number of aliphatic carboxylic acids is 1. The van der Waals surface area contributed by atoms with Gasteiger partial charge in [-0.2, -0.15) is 13.2 Å². The Morgan fingerprint density at radius 3 is 2.57 bits per heavy atom. The molecule has 1 saturated heterocycles. The summed E-state index contributed by atoms with van der Waals surface area (Å²) in [4.78, 5) is 28.0. The number of nitrogens with one attached hydrogen (secondary N) is 1. The molecule has 0 radical (unpaired) electrons. The lowest BCUT2D eigenvalue weighted by atomic mass is 9.85. The minimum Gasteiger partial charge on any atom is -0.475 e. The number of carbonyl (C=O) groups excluding carboxylic acids is 1. The Balaban J connectivity index is 0.000000236. The third-order valence-corrected chi connectivity index (χ3v) is 4.78. The van der Waals surface area contributed by atoms with Gasteiger partial charge >= 0.3 is 12.1 Å². The molecule has 0 aromatic rings. The molecule has 1 aliphatic carbocycles. The van der Waals surface area contributed by atoms with E-state index in [-0.39, 0.29) is 5.91 Å². The van der Waals surface area contributed by atoms with Crippen LogP contribution in [0.2, 0.25) is 0 Å². The first kappa shape index (κ1) is 17.7. The van der Waals surface area contributed by atoms with E-state index >= 15 is 0 Å². The molecule has 0 unspecified atom stereocenters. The third kappa shape index (κ3) is 3.06. The molecule has 130 valence electrons. The quantitative estimate of drug-likeness (QED) is 0.756. The van der Waals surface area contributed by atoms with Crippen molar-refractivity contribution in [3.63, 3.8) is 0 Å². The zero-order chi connectivity index (χ0) is 17.4. The van der Waals surface area contributed by atoms with Crippen LogP contribution in [0.4, 0.5) is 13.2 Å². The van der Waals surface area contributed by atoms with Crippen molar-refractivity contribution in [3.05, 3.63) is 0 Å². The topological polar surface area (TPSA) is 82.0 Å². The summed E-state index contributed by atoms with van der Waals surface area (Å²) in [7, 11) is 0. The molecule has 1 saturated carbocycles. The molecule has 2 N–H and O–H groups in total. The summed E-state index contributed by atoms with van der Waals surface area (Å²) < 4.78 is 31.7. The summed E-state index contributed by atoms with van der Waals surface area (Å²) in [5.74, 6) is -0.486. The first-order valence-corrected chi connectivity index (χ1v) is 7.52. The molecule has 9 heteroatoms. The average Bonchev–Trinajstić information content (AvgIpc) is 3.08. The molecule has 23 heavy (non-hydrogen) atoms. The number of carbonyl (C=O) groups is 2. The molecule has 1 amide bonds. The van der Waals surface area contributed by atoms with Crippen LogP contribution in [0.3, 0.4) is 0 Å². The molecule has 3 aliphatic rings. The molecule has 3 rings (SSSR count). The zero-order valence-electron chi connectivity index (χ0n) is 13.0. The van der Waals surface area contributed by atoms with Gasteiger partial charge in [0.15, 0.2) is 0 Å². The number of halogens is 3. The molecule has 1 spiro atoms. The second-order valence-electron chi connectivity index (χ2n) is 6.00. The number of alkyl halides is 3. The zero-order valence-corrected chi connectivity index (χ0v) is 13.0. The maximum atomic E-state index is 12.5. The predicted octanol–water partition coefficient (Wildman–Crippen LogP) is 1.27. The fourth-order valence-electron chi connectivity index (χ4n) is 3.74. The minimum atomic E-state index is -5.08. The highest BCUT2D eigenvalue weighted by Crippen LogP contribution is 2.48. The predicted molar refractivity (Wildman–Crippen MR) is 76.0 cm³/mol. The van der Waals surface area contributed by atoms with Gasteiger partial charge < -0.3 is 10.4 Å². The van der Waals surface area contributed by atoms with Gasteiger partial charge in [-0.05, 0) is 39.2 Å². The van der Waals surface area contributed by atoms with E-state index in [0.717, 1.165) is 38.3 Å². The van der Waals surface area contributed by atoms with Crippen LogP contribution in [-0.4, -0.2) is 59.1 Å². The Morgan fingerprint density at radius 2 is 2.09 bits per heavy atom. The number of rotatable bonds is 1. The molecule has 2 fully saturated rings. The van der Waals surface area contributed by atoms with E-state index in [9.17, 15) is 18.0 Å². The van der Waals surface area contributed by atoms with Crippen molar-refractivity contribution in [1.29, 1.82) is 0 Å². The van der Waals surface area contributed by atoms with Crippen molar-refractivity contribution in [3.8, 4) is 0 Å². The Bertz CT molecular complexity index is 535. The Labute approximate surface area is 131 Å². The number of hydrogen-bond donors (Lipinski definition) is 2.